The summed E-state index contributed by atoms with van der Waals surface area (Å²) in [5.74, 6) is -5.53. The molecule has 1 saturated heterocycles. The molecule has 0 spiro atoms. The van der Waals surface area contributed by atoms with Crippen LogP contribution in [0.5, 0.6) is 5.75 Å². The number of nitrogens with zero attached hydrogens (tertiary/aromatic N) is 6. The molecule has 2 aromatic heterocycles. The average molecular weight is 733 g/mol. The zero-order valence-electron chi connectivity index (χ0n) is 30.8. The molecule has 3 unspecified atom stereocenters. The molecule has 4 heterocycles. The van der Waals surface area contributed by atoms with Gasteiger partial charge in [-0.1, -0.05) is 26.5 Å². The Labute approximate surface area is 305 Å². The lowest BCUT2D eigenvalue weighted by Gasteiger charge is -2.54. The van der Waals surface area contributed by atoms with Crippen molar-refractivity contribution in [2.24, 2.45) is 0 Å². The van der Waals surface area contributed by atoms with Gasteiger partial charge in [0.2, 0.25) is 5.91 Å². The summed E-state index contributed by atoms with van der Waals surface area (Å²) in [7, 11) is 4.89. The number of amides is 1. The van der Waals surface area contributed by atoms with E-state index in [1.807, 2.05) is 32.8 Å². The highest BCUT2D eigenvalue weighted by Crippen LogP contribution is 2.47. The van der Waals surface area contributed by atoms with Crippen LogP contribution in [0.1, 0.15) is 37.9 Å². The number of phenolic OH excluding ortho intramolecular Hbond substituents is 1. The first kappa shape index (κ1) is 37.4. The summed E-state index contributed by atoms with van der Waals surface area (Å²) in [6.45, 7) is 11.4. The fourth-order valence-corrected chi connectivity index (χ4v) is 7.74. The summed E-state index contributed by atoms with van der Waals surface area (Å²) in [6, 6.07) is 3.58. The highest BCUT2D eigenvalue weighted by Gasteiger charge is 2.50. The molecule has 14 heteroatoms. The van der Waals surface area contributed by atoms with Crippen LogP contribution >= 0.6 is 0 Å². The first-order valence-corrected chi connectivity index (χ1v) is 17.4. The van der Waals surface area contributed by atoms with Gasteiger partial charge in [-0.2, -0.15) is 0 Å². The van der Waals surface area contributed by atoms with Gasteiger partial charge in [0.25, 0.3) is 5.56 Å². The van der Waals surface area contributed by atoms with Crippen LogP contribution in [0.25, 0.3) is 27.7 Å². The molecule has 280 valence electrons. The number of methoxy groups -OCH3 is 1. The molecular formula is C39H43F3N6O5. The van der Waals surface area contributed by atoms with Crippen LogP contribution in [-0.2, 0) is 14.3 Å². The minimum absolute atomic E-state index is 0.0000507. The topological polar surface area (TPSA) is 111 Å². The Morgan fingerprint density at radius 1 is 1.09 bits per heavy atom. The summed E-state index contributed by atoms with van der Waals surface area (Å²) in [4.78, 5) is 53.8. The zero-order valence-corrected chi connectivity index (χ0v) is 30.8. The van der Waals surface area contributed by atoms with E-state index >= 15 is 18.0 Å². The van der Waals surface area contributed by atoms with E-state index in [4.69, 9.17) is 4.74 Å². The van der Waals surface area contributed by atoms with E-state index in [1.54, 1.807) is 40.8 Å². The number of pyridine rings is 2. The average Bonchev–Trinajstić information content (AvgIpc) is 3.11. The predicted molar refractivity (Wildman–Crippen MR) is 197 cm³/mol. The number of hydrogen-bond acceptors (Lipinski definition) is 9. The molecule has 6 rings (SSSR count). The first-order valence-electron chi connectivity index (χ1n) is 17.4. The number of benzene rings is 2. The number of fused-ring (bicyclic) bond motifs is 5. The third-order valence-corrected chi connectivity index (χ3v) is 10.2. The number of carbonyl (C=O) groups is 2. The maximum atomic E-state index is 17.6. The summed E-state index contributed by atoms with van der Waals surface area (Å²) in [5.41, 5.74) is -1.27. The Morgan fingerprint density at radius 3 is 2.43 bits per heavy atom. The second-order valence-electron chi connectivity index (χ2n) is 14.2. The van der Waals surface area contributed by atoms with Crippen LogP contribution in [0.3, 0.4) is 0 Å². The number of esters is 1. The quantitative estimate of drug-likeness (QED) is 0.195. The molecule has 0 radical (unpaired) electrons. The van der Waals surface area contributed by atoms with Crippen molar-refractivity contribution in [3.05, 3.63) is 88.2 Å². The molecule has 2 aromatic carbocycles. The van der Waals surface area contributed by atoms with Crippen molar-refractivity contribution in [3.8, 4) is 22.6 Å². The lowest BCUT2D eigenvalue weighted by atomic mass is 9.91. The van der Waals surface area contributed by atoms with Crippen LogP contribution in [0.15, 0.2) is 54.0 Å². The number of carbonyl (C=O) groups excluding carboxylic acids is 2. The van der Waals surface area contributed by atoms with E-state index in [2.05, 4.69) is 11.6 Å². The number of phenols is 1. The standard InChI is InChI=1S/C39H43F3N6O5/c1-9-28(50)46-19-26-36(39(52)53-8)45(16-15-44(6)7)37-35(47(26)18-22(46)5)23-17-25(41)30(29-24(40)11-10-12-27(29)49)31(42)34(23)48(38(37)51)33-21(4)13-14-43-32(33)20(2)3/h9-14,17,20,22,26,36,49H,1,15-16,18-19H2,2-8H3. The maximum Gasteiger partial charge on any atom is 0.330 e. The molecule has 4 aromatic rings. The summed E-state index contributed by atoms with van der Waals surface area (Å²) >= 11 is 0. The Morgan fingerprint density at radius 2 is 1.81 bits per heavy atom. The van der Waals surface area contributed by atoms with Crippen molar-refractivity contribution >= 4 is 34.2 Å². The van der Waals surface area contributed by atoms with E-state index in [-0.39, 0.29) is 59.4 Å². The number of anilines is 2. The predicted octanol–water partition coefficient (Wildman–Crippen LogP) is 5.12. The number of hydrogen-bond donors (Lipinski definition) is 1. The van der Waals surface area contributed by atoms with Crippen LogP contribution < -0.4 is 15.4 Å². The molecule has 2 aliphatic rings. The minimum Gasteiger partial charge on any atom is -0.507 e. The lowest BCUT2D eigenvalue weighted by molar-refractivity contribution is -0.144. The summed E-state index contributed by atoms with van der Waals surface area (Å²) < 4.78 is 56.1. The van der Waals surface area contributed by atoms with Crippen LogP contribution in [0.2, 0.25) is 0 Å². The molecule has 0 aliphatic carbocycles. The van der Waals surface area contributed by atoms with Crippen LogP contribution in [0, 0.1) is 24.4 Å². The molecule has 0 bridgehead atoms. The highest BCUT2D eigenvalue weighted by molar-refractivity contribution is 6.05. The Bertz CT molecular complexity index is 2180. The summed E-state index contributed by atoms with van der Waals surface area (Å²) in [5, 5.41) is 10.7. The van der Waals surface area contributed by atoms with Gasteiger partial charge >= 0.3 is 5.97 Å². The summed E-state index contributed by atoms with van der Waals surface area (Å²) in [6.07, 6.45) is 2.76. The molecule has 1 fully saturated rings. The van der Waals surface area contributed by atoms with E-state index in [0.29, 0.717) is 17.8 Å². The van der Waals surface area contributed by atoms with Gasteiger partial charge in [0.15, 0.2) is 5.82 Å². The zero-order chi connectivity index (χ0) is 38.6. The van der Waals surface area contributed by atoms with Gasteiger partial charge in [0, 0.05) is 43.8 Å². The monoisotopic (exact) mass is 732 g/mol. The number of rotatable bonds is 8. The smallest absolute Gasteiger partial charge is 0.330 e. The number of piperazine rings is 1. The number of ether oxygens (including phenoxy) is 1. The second-order valence-corrected chi connectivity index (χ2v) is 14.2. The largest absolute Gasteiger partial charge is 0.507 e. The van der Waals surface area contributed by atoms with Crippen LogP contribution in [0.4, 0.5) is 24.5 Å². The molecule has 1 N–H and O–H groups in total. The molecular weight excluding hydrogens is 689 g/mol. The number of halogens is 3. The molecule has 11 nitrogen and oxygen atoms in total. The van der Waals surface area contributed by atoms with E-state index in [0.717, 1.165) is 22.8 Å². The highest BCUT2D eigenvalue weighted by atomic mass is 19.1. The fraction of sp³-hybridized carbons (Fsp3) is 0.385. The van der Waals surface area contributed by atoms with E-state index in [1.165, 1.54) is 19.3 Å². The Kier molecular flexibility index (Phi) is 10.0. The van der Waals surface area contributed by atoms with Crippen molar-refractivity contribution in [1.82, 2.24) is 19.4 Å². The Hall–Kier alpha value is -5.37. The number of aromatic hydroxyl groups is 1. The maximum absolute atomic E-state index is 17.6. The van der Waals surface area contributed by atoms with E-state index in [9.17, 15) is 14.7 Å². The van der Waals surface area contributed by atoms with Gasteiger partial charge in [-0.15, -0.1) is 0 Å². The van der Waals surface area contributed by atoms with Gasteiger partial charge in [0.1, 0.15) is 29.1 Å². The Balaban J connectivity index is 1.85. The van der Waals surface area contributed by atoms with Crippen molar-refractivity contribution in [2.75, 3.05) is 57.2 Å². The SMILES string of the molecule is C=CC(=O)N1CC2C(C(=O)OC)N(CCN(C)C)c3c(c4cc(F)c(-c5c(O)cccc5F)c(F)c4n(-c4c(C)ccnc4C(C)C)c3=O)N2CC1C. The minimum atomic E-state index is -1.28. The number of likely N-dealkylation sites (N-methyl/N-ethyl adjacent to an activating group) is 1. The van der Waals surface area contributed by atoms with E-state index < -0.39 is 64.0 Å². The number of aromatic nitrogens is 2. The van der Waals surface area contributed by atoms with Gasteiger partial charge in [-0.3, -0.25) is 19.1 Å². The fourth-order valence-electron chi connectivity index (χ4n) is 7.74. The van der Waals surface area contributed by atoms with Gasteiger partial charge in [-0.05, 0) is 69.8 Å². The van der Waals surface area contributed by atoms with Crippen LogP contribution in [-0.4, -0.2) is 102 Å². The molecule has 1 amide bonds. The van der Waals surface area contributed by atoms with Crippen molar-refractivity contribution < 1.29 is 32.6 Å². The molecule has 0 saturated carbocycles. The molecule has 53 heavy (non-hydrogen) atoms. The van der Waals surface area contributed by atoms with Gasteiger partial charge in [-0.25, -0.2) is 18.0 Å². The van der Waals surface area contributed by atoms with Crippen molar-refractivity contribution in [2.45, 2.75) is 51.7 Å². The first-order chi connectivity index (χ1) is 25.1. The van der Waals surface area contributed by atoms with Crippen molar-refractivity contribution in [1.29, 1.82) is 0 Å². The lowest BCUT2D eigenvalue weighted by Crippen LogP contribution is -2.70. The van der Waals surface area contributed by atoms with Crippen molar-refractivity contribution in [3.63, 3.8) is 0 Å². The third kappa shape index (κ3) is 6.08. The third-order valence-electron chi connectivity index (χ3n) is 10.2. The number of aryl methyl sites for hydroxylation is 1. The second kappa shape index (κ2) is 14.2. The van der Waals surface area contributed by atoms with Gasteiger partial charge in [0.05, 0.1) is 46.9 Å². The molecule has 2 aliphatic heterocycles. The normalized spacial score (nSPS) is 18.4. The molecule has 3 atom stereocenters. The van der Waals surface area contributed by atoms with Gasteiger partial charge < -0.3 is 29.4 Å².